The van der Waals surface area contributed by atoms with E-state index in [1.807, 2.05) is 6.07 Å². The van der Waals surface area contributed by atoms with E-state index in [9.17, 15) is 4.79 Å². The lowest BCUT2D eigenvalue weighted by molar-refractivity contribution is -0.121. The van der Waals surface area contributed by atoms with E-state index in [0.717, 1.165) is 38.0 Å². The smallest absolute Gasteiger partial charge is 0.233 e. The molecule has 3 N–H and O–H groups in total. The van der Waals surface area contributed by atoms with Gasteiger partial charge in [-0.3, -0.25) is 10.2 Å². The van der Waals surface area contributed by atoms with Crippen LogP contribution in [-0.2, 0) is 17.6 Å². The predicted molar refractivity (Wildman–Crippen MR) is 65.5 cm³/mol. The van der Waals surface area contributed by atoms with Crippen LogP contribution in [0.3, 0.4) is 0 Å². The lowest BCUT2D eigenvalue weighted by Gasteiger charge is -2.17. The number of nitrogens with two attached hydrogens (primary N) is 1. The van der Waals surface area contributed by atoms with Crippen LogP contribution < -0.4 is 16.0 Å². The zero-order valence-electron chi connectivity index (χ0n) is 9.87. The SMILES string of the molecule is NNC(=O)CCCc1ccc2c(c1)CCCO2. The minimum absolute atomic E-state index is 0.105. The van der Waals surface area contributed by atoms with Crippen molar-refractivity contribution in [3.8, 4) is 5.75 Å². The third-order valence-corrected chi connectivity index (χ3v) is 3.00. The first kappa shape index (κ1) is 11.9. The molecule has 0 saturated carbocycles. The van der Waals surface area contributed by atoms with Gasteiger partial charge in [-0.05, 0) is 42.9 Å². The van der Waals surface area contributed by atoms with E-state index in [1.165, 1.54) is 11.1 Å². The molecule has 0 unspecified atom stereocenters. The summed E-state index contributed by atoms with van der Waals surface area (Å²) in [4.78, 5) is 11.0. The zero-order valence-corrected chi connectivity index (χ0v) is 9.87. The van der Waals surface area contributed by atoms with Gasteiger partial charge in [0.1, 0.15) is 5.75 Å². The zero-order chi connectivity index (χ0) is 12.1. The molecule has 17 heavy (non-hydrogen) atoms. The lowest BCUT2D eigenvalue weighted by Crippen LogP contribution is -2.29. The summed E-state index contributed by atoms with van der Waals surface area (Å²) in [5.41, 5.74) is 4.69. The maximum Gasteiger partial charge on any atom is 0.233 e. The van der Waals surface area contributed by atoms with Crippen LogP contribution in [0.1, 0.15) is 30.4 Å². The van der Waals surface area contributed by atoms with Crippen molar-refractivity contribution in [3.63, 3.8) is 0 Å². The first-order valence-electron chi connectivity index (χ1n) is 6.03. The second-order valence-electron chi connectivity index (χ2n) is 4.32. The quantitative estimate of drug-likeness (QED) is 0.469. The van der Waals surface area contributed by atoms with Crippen LogP contribution in [-0.4, -0.2) is 12.5 Å². The summed E-state index contributed by atoms with van der Waals surface area (Å²) in [5.74, 6) is 5.93. The van der Waals surface area contributed by atoms with Crippen LogP contribution in [0.15, 0.2) is 18.2 Å². The summed E-state index contributed by atoms with van der Waals surface area (Å²) in [7, 11) is 0. The summed E-state index contributed by atoms with van der Waals surface area (Å²) in [6.45, 7) is 0.822. The van der Waals surface area contributed by atoms with Gasteiger partial charge in [-0.25, -0.2) is 5.84 Å². The molecule has 1 aromatic rings. The summed E-state index contributed by atoms with van der Waals surface area (Å²) >= 11 is 0. The van der Waals surface area contributed by atoms with Crippen LogP contribution in [0, 0.1) is 0 Å². The summed E-state index contributed by atoms with van der Waals surface area (Å²) in [6.07, 6.45) is 4.38. The van der Waals surface area contributed by atoms with Crippen LogP contribution in [0.5, 0.6) is 5.75 Å². The van der Waals surface area contributed by atoms with Gasteiger partial charge >= 0.3 is 0 Å². The molecule has 0 fully saturated rings. The molecular weight excluding hydrogens is 216 g/mol. The van der Waals surface area contributed by atoms with Gasteiger partial charge in [-0.15, -0.1) is 0 Å². The van der Waals surface area contributed by atoms with Gasteiger partial charge in [-0.1, -0.05) is 12.1 Å². The molecule has 4 nitrogen and oxygen atoms in total. The molecule has 92 valence electrons. The number of rotatable bonds is 4. The van der Waals surface area contributed by atoms with Crippen molar-refractivity contribution in [2.24, 2.45) is 5.84 Å². The molecule has 1 heterocycles. The Kier molecular flexibility index (Phi) is 3.98. The molecule has 0 spiro atoms. The highest BCUT2D eigenvalue weighted by atomic mass is 16.5. The Balaban J connectivity index is 1.91. The van der Waals surface area contributed by atoms with Crippen molar-refractivity contribution in [2.75, 3.05) is 6.61 Å². The second kappa shape index (κ2) is 5.68. The number of hydrogen-bond donors (Lipinski definition) is 2. The molecular formula is C13H18N2O2. The van der Waals surface area contributed by atoms with Crippen LogP contribution in [0.25, 0.3) is 0 Å². The van der Waals surface area contributed by atoms with E-state index in [4.69, 9.17) is 10.6 Å². The molecule has 1 aliphatic heterocycles. The molecule has 0 radical (unpaired) electrons. The first-order chi connectivity index (χ1) is 8.29. The molecule has 0 aromatic heterocycles. The van der Waals surface area contributed by atoms with Crippen LogP contribution in [0.4, 0.5) is 0 Å². The molecule has 0 bridgehead atoms. The third kappa shape index (κ3) is 3.20. The Morgan fingerprint density at radius 2 is 2.35 bits per heavy atom. The van der Waals surface area contributed by atoms with E-state index < -0.39 is 0 Å². The summed E-state index contributed by atoms with van der Waals surface area (Å²) in [5, 5.41) is 0. The maximum atomic E-state index is 11.0. The molecule has 2 rings (SSSR count). The minimum atomic E-state index is -0.105. The molecule has 4 heteroatoms. The highest BCUT2D eigenvalue weighted by Gasteiger charge is 2.10. The van der Waals surface area contributed by atoms with Crippen molar-refractivity contribution in [3.05, 3.63) is 29.3 Å². The van der Waals surface area contributed by atoms with E-state index in [2.05, 4.69) is 17.6 Å². The highest BCUT2D eigenvalue weighted by molar-refractivity contribution is 5.75. The highest BCUT2D eigenvalue weighted by Crippen LogP contribution is 2.26. The van der Waals surface area contributed by atoms with Crippen molar-refractivity contribution in [1.82, 2.24) is 5.43 Å². The Morgan fingerprint density at radius 1 is 1.47 bits per heavy atom. The number of hydrazine groups is 1. The number of benzene rings is 1. The lowest BCUT2D eigenvalue weighted by atomic mass is 10.0. The fourth-order valence-electron chi connectivity index (χ4n) is 2.09. The second-order valence-corrected chi connectivity index (χ2v) is 4.32. The monoisotopic (exact) mass is 234 g/mol. The maximum absolute atomic E-state index is 11.0. The number of carbonyl (C=O) groups excluding carboxylic acids is 1. The Morgan fingerprint density at radius 3 is 3.18 bits per heavy atom. The Bertz CT molecular complexity index is 404. The predicted octanol–water partition coefficient (Wildman–Crippen LogP) is 1.32. The number of amides is 1. The standard InChI is InChI=1S/C13H18N2O2/c14-15-13(16)5-1-3-10-6-7-12-11(9-10)4-2-8-17-12/h6-7,9H,1-5,8,14H2,(H,15,16). The average Bonchev–Trinajstić information content (AvgIpc) is 2.38. The van der Waals surface area contributed by atoms with E-state index in [0.29, 0.717) is 6.42 Å². The van der Waals surface area contributed by atoms with Crippen molar-refractivity contribution in [2.45, 2.75) is 32.1 Å². The minimum Gasteiger partial charge on any atom is -0.493 e. The van der Waals surface area contributed by atoms with Gasteiger partial charge in [0.05, 0.1) is 6.61 Å². The summed E-state index contributed by atoms with van der Waals surface area (Å²) in [6, 6.07) is 6.30. The van der Waals surface area contributed by atoms with Crippen LogP contribution >= 0.6 is 0 Å². The topological polar surface area (TPSA) is 64.3 Å². The van der Waals surface area contributed by atoms with Crippen molar-refractivity contribution < 1.29 is 9.53 Å². The van der Waals surface area contributed by atoms with Gasteiger partial charge in [0.2, 0.25) is 5.91 Å². The van der Waals surface area contributed by atoms with Gasteiger partial charge in [0.15, 0.2) is 0 Å². The van der Waals surface area contributed by atoms with Crippen molar-refractivity contribution in [1.29, 1.82) is 0 Å². The third-order valence-electron chi connectivity index (χ3n) is 3.00. The summed E-state index contributed by atoms with van der Waals surface area (Å²) < 4.78 is 5.56. The Labute approximate surface area is 101 Å². The Hall–Kier alpha value is -1.55. The molecule has 0 atom stereocenters. The first-order valence-corrected chi connectivity index (χ1v) is 6.03. The fourth-order valence-corrected chi connectivity index (χ4v) is 2.09. The molecule has 1 aromatic carbocycles. The average molecular weight is 234 g/mol. The van der Waals surface area contributed by atoms with Gasteiger partial charge in [0, 0.05) is 6.42 Å². The number of ether oxygens (including phenoxy) is 1. The van der Waals surface area contributed by atoms with E-state index in [-0.39, 0.29) is 5.91 Å². The van der Waals surface area contributed by atoms with Crippen molar-refractivity contribution >= 4 is 5.91 Å². The molecule has 0 aliphatic carbocycles. The van der Waals surface area contributed by atoms with E-state index in [1.54, 1.807) is 0 Å². The number of aryl methyl sites for hydroxylation is 2. The fraction of sp³-hybridized carbons (Fsp3) is 0.462. The number of hydrogen-bond acceptors (Lipinski definition) is 3. The number of fused-ring (bicyclic) bond motifs is 1. The van der Waals surface area contributed by atoms with Gasteiger partial charge < -0.3 is 4.74 Å². The number of nitrogens with one attached hydrogen (secondary N) is 1. The van der Waals surface area contributed by atoms with Crippen LogP contribution in [0.2, 0.25) is 0 Å². The number of carbonyl (C=O) groups is 1. The largest absolute Gasteiger partial charge is 0.493 e. The molecule has 1 amide bonds. The normalized spacial score (nSPS) is 13.7. The molecule has 1 aliphatic rings. The molecule has 0 saturated heterocycles. The van der Waals surface area contributed by atoms with E-state index >= 15 is 0 Å². The van der Waals surface area contributed by atoms with Gasteiger partial charge in [0.25, 0.3) is 0 Å². The van der Waals surface area contributed by atoms with Gasteiger partial charge in [-0.2, -0.15) is 0 Å².